The fraction of sp³-hybridized carbons (Fsp3) is 0.182. The number of fused-ring (bicyclic) bond motifs is 1. The van der Waals surface area contributed by atoms with Crippen molar-refractivity contribution in [3.8, 4) is 0 Å². The maximum atomic E-state index is 11.0. The van der Waals surface area contributed by atoms with Gasteiger partial charge in [-0.1, -0.05) is 0 Å². The number of hydrogen-bond donors (Lipinski definition) is 2. The minimum Gasteiger partial charge on any atom is -0.478 e. The Morgan fingerprint density at radius 2 is 2.07 bits per heavy atom. The fourth-order valence-corrected chi connectivity index (χ4v) is 1.68. The van der Waals surface area contributed by atoms with Crippen LogP contribution in [0.15, 0.2) is 18.3 Å². The molecule has 72 valence electrons. The lowest BCUT2D eigenvalue weighted by Gasteiger charge is -2.00. The highest BCUT2D eigenvalue weighted by Crippen LogP contribution is 2.23. The van der Waals surface area contributed by atoms with E-state index in [1.54, 1.807) is 6.07 Å². The molecule has 14 heavy (non-hydrogen) atoms. The molecule has 3 heteroatoms. The normalized spacial score (nSPS) is 10.7. The molecule has 2 aromatic rings. The predicted octanol–water partition coefficient (Wildman–Crippen LogP) is 2.48. The Balaban J connectivity index is 2.88. The highest BCUT2D eigenvalue weighted by atomic mass is 16.4. The van der Waals surface area contributed by atoms with E-state index >= 15 is 0 Å². The number of carboxylic acid groups (broad SMARTS) is 1. The molecule has 0 amide bonds. The molecule has 0 bridgehead atoms. The number of aromatic nitrogens is 1. The summed E-state index contributed by atoms with van der Waals surface area (Å²) in [6, 6.07) is 3.67. The molecule has 0 aliphatic rings. The molecule has 0 saturated heterocycles. The number of aromatic carboxylic acids is 1. The van der Waals surface area contributed by atoms with Crippen LogP contribution < -0.4 is 0 Å². The molecule has 0 saturated carbocycles. The number of carboxylic acids is 1. The van der Waals surface area contributed by atoms with Crippen LogP contribution >= 0.6 is 0 Å². The van der Waals surface area contributed by atoms with E-state index < -0.39 is 5.97 Å². The van der Waals surface area contributed by atoms with Gasteiger partial charge in [-0.2, -0.15) is 0 Å². The second kappa shape index (κ2) is 2.87. The molecular formula is C11H11NO2. The number of aromatic amines is 1. The Morgan fingerprint density at radius 3 is 2.71 bits per heavy atom. The lowest BCUT2D eigenvalue weighted by atomic mass is 10.1. The smallest absolute Gasteiger partial charge is 0.337 e. The molecule has 2 N–H and O–H groups in total. The van der Waals surface area contributed by atoms with Crippen LogP contribution in [0.1, 0.15) is 21.5 Å². The summed E-state index contributed by atoms with van der Waals surface area (Å²) in [5.74, 6) is -0.888. The van der Waals surface area contributed by atoms with Crippen molar-refractivity contribution in [3.63, 3.8) is 0 Å². The zero-order valence-electron chi connectivity index (χ0n) is 8.09. The van der Waals surface area contributed by atoms with Gasteiger partial charge in [0, 0.05) is 11.6 Å². The van der Waals surface area contributed by atoms with E-state index in [0.717, 1.165) is 16.5 Å². The molecule has 0 aliphatic heterocycles. The summed E-state index contributed by atoms with van der Waals surface area (Å²) < 4.78 is 0. The molecular weight excluding hydrogens is 178 g/mol. The molecule has 0 aliphatic carbocycles. The average molecular weight is 189 g/mol. The third-order valence-electron chi connectivity index (χ3n) is 2.37. The maximum absolute atomic E-state index is 11.0. The van der Waals surface area contributed by atoms with Crippen LogP contribution in [-0.2, 0) is 0 Å². The molecule has 2 rings (SSSR count). The van der Waals surface area contributed by atoms with Gasteiger partial charge in [-0.3, -0.25) is 0 Å². The van der Waals surface area contributed by atoms with Crippen LogP contribution in [0, 0.1) is 13.8 Å². The standard InChI is InChI=1S/C11H11NO2/c1-6-3-8-7(2)5-12-10(8)9(4-6)11(13)14/h3-5,12H,1-2H3,(H,13,14). The number of hydrogen-bond acceptors (Lipinski definition) is 1. The molecule has 0 fully saturated rings. The first-order valence-electron chi connectivity index (χ1n) is 4.41. The van der Waals surface area contributed by atoms with Crippen LogP contribution in [-0.4, -0.2) is 16.1 Å². The van der Waals surface area contributed by atoms with E-state index in [4.69, 9.17) is 5.11 Å². The van der Waals surface area contributed by atoms with Crippen molar-refractivity contribution < 1.29 is 9.90 Å². The summed E-state index contributed by atoms with van der Waals surface area (Å²) in [7, 11) is 0. The zero-order valence-corrected chi connectivity index (χ0v) is 8.09. The van der Waals surface area contributed by atoms with Crippen molar-refractivity contribution in [1.29, 1.82) is 0 Å². The molecule has 1 heterocycles. The van der Waals surface area contributed by atoms with Crippen molar-refractivity contribution in [2.75, 3.05) is 0 Å². The predicted molar refractivity (Wildman–Crippen MR) is 54.7 cm³/mol. The van der Waals surface area contributed by atoms with E-state index in [1.807, 2.05) is 26.1 Å². The number of rotatable bonds is 1. The van der Waals surface area contributed by atoms with Gasteiger partial charge in [0.15, 0.2) is 0 Å². The topological polar surface area (TPSA) is 53.1 Å². The number of benzene rings is 1. The van der Waals surface area contributed by atoms with Crippen molar-refractivity contribution in [3.05, 3.63) is 35.0 Å². The van der Waals surface area contributed by atoms with Gasteiger partial charge in [0.25, 0.3) is 0 Å². The van der Waals surface area contributed by atoms with Crippen LogP contribution in [0.3, 0.4) is 0 Å². The molecule has 0 radical (unpaired) electrons. The minimum absolute atomic E-state index is 0.341. The SMILES string of the molecule is Cc1cc(C(=O)O)c2[nH]cc(C)c2c1. The van der Waals surface area contributed by atoms with Gasteiger partial charge in [0.2, 0.25) is 0 Å². The number of aryl methyl sites for hydroxylation is 2. The first-order valence-corrected chi connectivity index (χ1v) is 4.41. The highest BCUT2D eigenvalue weighted by molar-refractivity contribution is 6.03. The van der Waals surface area contributed by atoms with Gasteiger partial charge in [-0.15, -0.1) is 0 Å². The summed E-state index contributed by atoms with van der Waals surface area (Å²) in [5, 5.41) is 9.98. The second-order valence-corrected chi connectivity index (χ2v) is 3.51. The molecule has 1 aromatic carbocycles. The van der Waals surface area contributed by atoms with Crippen LogP contribution in [0.2, 0.25) is 0 Å². The van der Waals surface area contributed by atoms with Crippen molar-refractivity contribution in [1.82, 2.24) is 4.98 Å². The molecule has 1 aromatic heterocycles. The van der Waals surface area contributed by atoms with Gasteiger partial charge >= 0.3 is 5.97 Å². The third kappa shape index (κ3) is 1.18. The number of carbonyl (C=O) groups is 1. The van der Waals surface area contributed by atoms with Crippen molar-refractivity contribution in [2.45, 2.75) is 13.8 Å². The average Bonchev–Trinajstić information content (AvgIpc) is 2.47. The fourth-order valence-electron chi connectivity index (χ4n) is 1.68. The Kier molecular flexibility index (Phi) is 1.81. The first-order chi connectivity index (χ1) is 6.59. The lowest BCUT2D eigenvalue weighted by Crippen LogP contribution is -1.98. The van der Waals surface area contributed by atoms with E-state index in [9.17, 15) is 4.79 Å². The number of H-pyrrole nitrogens is 1. The summed E-state index contributed by atoms with van der Waals surface area (Å²) in [6.45, 7) is 3.86. The number of nitrogens with one attached hydrogen (secondary N) is 1. The molecule has 0 unspecified atom stereocenters. The Hall–Kier alpha value is -1.77. The molecule has 0 spiro atoms. The van der Waals surface area contributed by atoms with Crippen LogP contribution in [0.5, 0.6) is 0 Å². The van der Waals surface area contributed by atoms with Gasteiger partial charge in [0.1, 0.15) is 0 Å². The molecule has 3 nitrogen and oxygen atoms in total. The van der Waals surface area contributed by atoms with Gasteiger partial charge < -0.3 is 10.1 Å². The summed E-state index contributed by atoms with van der Waals surface area (Å²) in [6.07, 6.45) is 1.83. The van der Waals surface area contributed by atoms with Gasteiger partial charge in [-0.05, 0) is 37.1 Å². The Morgan fingerprint density at radius 1 is 1.36 bits per heavy atom. The largest absolute Gasteiger partial charge is 0.478 e. The summed E-state index contributed by atoms with van der Waals surface area (Å²) in [4.78, 5) is 13.9. The quantitative estimate of drug-likeness (QED) is 0.724. The van der Waals surface area contributed by atoms with Gasteiger partial charge in [0.05, 0.1) is 11.1 Å². The van der Waals surface area contributed by atoms with E-state index in [-0.39, 0.29) is 0 Å². The van der Waals surface area contributed by atoms with Crippen molar-refractivity contribution in [2.24, 2.45) is 0 Å². The van der Waals surface area contributed by atoms with Crippen molar-refractivity contribution >= 4 is 16.9 Å². The highest BCUT2D eigenvalue weighted by Gasteiger charge is 2.11. The third-order valence-corrected chi connectivity index (χ3v) is 2.37. The second-order valence-electron chi connectivity index (χ2n) is 3.51. The first kappa shape index (κ1) is 8.81. The Bertz CT molecular complexity index is 511. The van der Waals surface area contributed by atoms with Crippen LogP contribution in [0.25, 0.3) is 10.9 Å². The zero-order chi connectivity index (χ0) is 10.3. The van der Waals surface area contributed by atoms with Gasteiger partial charge in [-0.25, -0.2) is 4.79 Å². The van der Waals surface area contributed by atoms with E-state index in [0.29, 0.717) is 11.1 Å². The minimum atomic E-state index is -0.888. The summed E-state index contributed by atoms with van der Waals surface area (Å²) in [5.41, 5.74) is 3.09. The molecule has 0 atom stereocenters. The maximum Gasteiger partial charge on any atom is 0.337 e. The van der Waals surface area contributed by atoms with E-state index in [1.165, 1.54) is 0 Å². The lowest BCUT2D eigenvalue weighted by molar-refractivity contribution is 0.0699. The van der Waals surface area contributed by atoms with E-state index in [2.05, 4.69) is 4.98 Å². The summed E-state index contributed by atoms with van der Waals surface area (Å²) >= 11 is 0. The van der Waals surface area contributed by atoms with Crippen LogP contribution in [0.4, 0.5) is 0 Å². The monoisotopic (exact) mass is 189 g/mol. The Labute approximate surface area is 81.4 Å².